The Kier molecular flexibility index (Phi) is 2.84. The van der Waals surface area contributed by atoms with Crippen molar-refractivity contribution in [3.05, 3.63) is 18.2 Å². The highest BCUT2D eigenvalue weighted by molar-refractivity contribution is 7.98. The first-order valence-corrected chi connectivity index (χ1v) is 6.12. The maximum atomic E-state index is 10.9. The van der Waals surface area contributed by atoms with Crippen molar-refractivity contribution < 1.29 is 13.5 Å². The van der Waals surface area contributed by atoms with Crippen LogP contribution in [0.25, 0.3) is 0 Å². The first-order chi connectivity index (χ1) is 5.96. The predicted molar refractivity (Wildman–Crippen MR) is 51.3 cm³/mol. The Morgan fingerprint density at radius 1 is 1.46 bits per heavy atom. The van der Waals surface area contributed by atoms with Crippen LogP contribution in [0.2, 0.25) is 0 Å². The number of phenols is 1. The van der Waals surface area contributed by atoms with Gasteiger partial charge in [0.25, 0.3) is 0 Å². The van der Waals surface area contributed by atoms with Crippen LogP contribution in [-0.2, 0) is 10.0 Å². The molecular formula is C7H9NO3S2. The van der Waals surface area contributed by atoms with E-state index in [9.17, 15) is 13.5 Å². The normalized spacial score (nSPS) is 11.5. The molecule has 0 radical (unpaired) electrons. The van der Waals surface area contributed by atoms with E-state index in [-0.39, 0.29) is 10.6 Å². The summed E-state index contributed by atoms with van der Waals surface area (Å²) in [6.07, 6.45) is 1.74. The smallest absolute Gasteiger partial charge is 0.241 e. The zero-order chi connectivity index (χ0) is 10.1. The van der Waals surface area contributed by atoms with E-state index in [1.807, 2.05) is 0 Å². The minimum Gasteiger partial charge on any atom is -0.505 e. The molecule has 0 fully saturated rings. The number of primary sulfonamides is 1. The molecule has 0 bridgehead atoms. The Bertz CT molecular complexity index is 414. The van der Waals surface area contributed by atoms with E-state index in [4.69, 9.17) is 5.14 Å². The Hall–Kier alpha value is -0.720. The first-order valence-electron chi connectivity index (χ1n) is 3.35. The summed E-state index contributed by atoms with van der Waals surface area (Å²) in [5.41, 5.74) is 0. The molecule has 0 saturated carbocycles. The Morgan fingerprint density at radius 2 is 2.08 bits per heavy atom. The second kappa shape index (κ2) is 3.57. The summed E-state index contributed by atoms with van der Waals surface area (Å²) >= 11 is 1.26. The molecule has 6 heteroatoms. The van der Waals surface area contributed by atoms with Crippen molar-refractivity contribution in [3.8, 4) is 5.75 Å². The number of para-hydroxylation sites is 1. The van der Waals surface area contributed by atoms with Gasteiger partial charge in [-0.05, 0) is 18.4 Å². The standard InChI is InChI=1S/C7H9NO3S2/c1-12-5-3-2-4-6(7(5)9)13(8,10)11/h2-4,9H,1H3,(H2,8,10,11). The van der Waals surface area contributed by atoms with Crippen molar-refractivity contribution in [1.29, 1.82) is 0 Å². The lowest BCUT2D eigenvalue weighted by Crippen LogP contribution is -2.12. The molecule has 0 aromatic heterocycles. The predicted octanol–water partition coefficient (Wildman–Crippen LogP) is 0.762. The second-order valence-electron chi connectivity index (χ2n) is 2.35. The van der Waals surface area contributed by atoms with E-state index in [0.717, 1.165) is 0 Å². The molecular weight excluding hydrogens is 210 g/mol. The molecule has 1 aromatic rings. The molecule has 0 unspecified atom stereocenters. The molecule has 0 aliphatic heterocycles. The van der Waals surface area contributed by atoms with Crippen LogP contribution in [-0.4, -0.2) is 19.8 Å². The van der Waals surface area contributed by atoms with Gasteiger partial charge in [-0.3, -0.25) is 0 Å². The molecule has 0 amide bonds. The van der Waals surface area contributed by atoms with E-state index in [0.29, 0.717) is 4.90 Å². The van der Waals surface area contributed by atoms with Crippen LogP contribution in [0.5, 0.6) is 5.75 Å². The number of sulfonamides is 1. The minimum atomic E-state index is -3.83. The number of hydrogen-bond donors (Lipinski definition) is 2. The number of aromatic hydroxyl groups is 1. The number of rotatable bonds is 2. The van der Waals surface area contributed by atoms with Gasteiger partial charge in [0.15, 0.2) is 0 Å². The Balaban J connectivity index is 3.41. The van der Waals surface area contributed by atoms with Gasteiger partial charge >= 0.3 is 0 Å². The molecule has 1 aromatic carbocycles. The van der Waals surface area contributed by atoms with Crippen molar-refractivity contribution >= 4 is 21.8 Å². The van der Waals surface area contributed by atoms with Gasteiger partial charge < -0.3 is 5.11 Å². The number of benzene rings is 1. The molecule has 1 rings (SSSR count). The van der Waals surface area contributed by atoms with Crippen LogP contribution >= 0.6 is 11.8 Å². The van der Waals surface area contributed by atoms with E-state index >= 15 is 0 Å². The highest BCUT2D eigenvalue weighted by Crippen LogP contribution is 2.31. The summed E-state index contributed by atoms with van der Waals surface area (Å²) in [6.45, 7) is 0. The van der Waals surface area contributed by atoms with Crippen LogP contribution < -0.4 is 5.14 Å². The van der Waals surface area contributed by atoms with Crippen LogP contribution in [0, 0.1) is 0 Å². The van der Waals surface area contributed by atoms with Gasteiger partial charge in [-0.15, -0.1) is 11.8 Å². The summed E-state index contributed by atoms with van der Waals surface area (Å²) in [5.74, 6) is -0.280. The third-order valence-corrected chi connectivity index (χ3v) is 3.20. The summed E-state index contributed by atoms with van der Waals surface area (Å²) in [4.78, 5) is 0.255. The SMILES string of the molecule is CSc1cccc(S(N)(=O)=O)c1O. The van der Waals surface area contributed by atoms with Crippen molar-refractivity contribution in [1.82, 2.24) is 0 Å². The van der Waals surface area contributed by atoms with Gasteiger partial charge in [0.1, 0.15) is 10.6 Å². The zero-order valence-corrected chi connectivity index (χ0v) is 8.52. The molecule has 0 aliphatic rings. The van der Waals surface area contributed by atoms with Gasteiger partial charge in [-0.1, -0.05) is 6.07 Å². The Labute approximate surface area is 80.8 Å². The van der Waals surface area contributed by atoms with Crippen LogP contribution in [0.1, 0.15) is 0 Å². The molecule has 13 heavy (non-hydrogen) atoms. The molecule has 0 heterocycles. The maximum absolute atomic E-state index is 10.9. The minimum absolute atomic E-state index is 0.237. The average molecular weight is 219 g/mol. The fraction of sp³-hybridized carbons (Fsp3) is 0.143. The maximum Gasteiger partial charge on any atom is 0.241 e. The van der Waals surface area contributed by atoms with Crippen molar-refractivity contribution in [2.75, 3.05) is 6.26 Å². The summed E-state index contributed by atoms with van der Waals surface area (Å²) in [7, 11) is -3.83. The molecule has 4 nitrogen and oxygen atoms in total. The second-order valence-corrected chi connectivity index (χ2v) is 4.73. The highest BCUT2D eigenvalue weighted by atomic mass is 32.2. The number of thioether (sulfide) groups is 1. The van der Waals surface area contributed by atoms with Crippen molar-refractivity contribution in [2.45, 2.75) is 9.79 Å². The third kappa shape index (κ3) is 2.15. The van der Waals surface area contributed by atoms with E-state index in [1.165, 1.54) is 23.9 Å². The van der Waals surface area contributed by atoms with Crippen LogP contribution in [0.4, 0.5) is 0 Å². The van der Waals surface area contributed by atoms with E-state index in [1.54, 1.807) is 12.3 Å². The lowest BCUT2D eigenvalue weighted by atomic mass is 10.3. The van der Waals surface area contributed by atoms with Gasteiger partial charge in [0, 0.05) is 0 Å². The summed E-state index contributed by atoms with van der Waals surface area (Å²) in [5, 5.41) is 14.3. The average Bonchev–Trinajstić information content (AvgIpc) is 2.02. The lowest BCUT2D eigenvalue weighted by Gasteiger charge is -2.04. The van der Waals surface area contributed by atoms with Crippen LogP contribution in [0.3, 0.4) is 0 Å². The largest absolute Gasteiger partial charge is 0.505 e. The lowest BCUT2D eigenvalue weighted by molar-refractivity contribution is 0.446. The number of phenolic OH excluding ortho intramolecular Hbond substituents is 1. The zero-order valence-electron chi connectivity index (χ0n) is 6.89. The van der Waals surface area contributed by atoms with Gasteiger partial charge in [0.05, 0.1) is 4.90 Å². The molecule has 0 spiro atoms. The number of nitrogens with two attached hydrogens (primary N) is 1. The molecule has 3 N–H and O–H groups in total. The van der Waals surface area contributed by atoms with Gasteiger partial charge in [-0.25, -0.2) is 13.6 Å². The molecule has 72 valence electrons. The Morgan fingerprint density at radius 3 is 2.54 bits per heavy atom. The quantitative estimate of drug-likeness (QED) is 0.720. The fourth-order valence-corrected chi connectivity index (χ4v) is 2.13. The fourth-order valence-electron chi connectivity index (χ4n) is 0.897. The molecule has 0 atom stereocenters. The highest BCUT2D eigenvalue weighted by Gasteiger charge is 2.15. The molecule has 0 aliphatic carbocycles. The summed E-state index contributed by atoms with van der Waals surface area (Å²) < 4.78 is 21.9. The van der Waals surface area contributed by atoms with Gasteiger partial charge in [-0.2, -0.15) is 0 Å². The first kappa shape index (κ1) is 10.4. The van der Waals surface area contributed by atoms with E-state index < -0.39 is 10.0 Å². The number of hydrogen-bond acceptors (Lipinski definition) is 4. The van der Waals surface area contributed by atoms with Crippen molar-refractivity contribution in [3.63, 3.8) is 0 Å². The van der Waals surface area contributed by atoms with E-state index in [2.05, 4.69) is 0 Å². The van der Waals surface area contributed by atoms with Gasteiger partial charge in [0.2, 0.25) is 10.0 Å². The monoisotopic (exact) mass is 219 g/mol. The topological polar surface area (TPSA) is 80.4 Å². The molecule has 0 saturated heterocycles. The third-order valence-electron chi connectivity index (χ3n) is 1.49. The van der Waals surface area contributed by atoms with Crippen LogP contribution in [0.15, 0.2) is 28.0 Å². The summed E-state index contributed by atoms with van der Waals surface area (Å²) in [6, 6.07) is 4.42. The van der Waals surface area contributed by atoms with Crippen molar-refractivity contribution in [2.24, 2.45) is 5.14 Å².